The van der Waals surface area contributed by atoms with E-state index in [-0.39, 0.29) is 5.75 Å². The van der Waals surface area contributed by atoms with Gasteiger partial charge in [-0.3, -0.25) is 4.55 Å². The van der Waals surface area contributed by atoms with Crippen molar-refractivity contribution in [1.82, 2.24) is 0 Å². The fourth-order valence-electron chi connectivity index (χ4n) is 1.25. The number of hydrogen-bond donors (Lipinski definition) is 2. The minimum absolute atomic E-state index is 0.116. The average molecular weight is 261 g/mol. The smallest absolute Gasteiger partial charge is 0.357 e. The van der Waals surface area contributed by atoms with E-state index >= 15 is 0 Å². The zero-order valence-corrected chi connectivity index (χ0v) is 10.5. The minimum atomic E-state index is -2.43. The summed E-state index contributed by atoms with van der Waals surface area (Å²) < 4.78 is 34.6. The molecule has 0 aliphatic rings. The third-order valence-electron chi connectivity index (χ3n) is 1.84. The molecule has 0 aliphatic heterocycles. The van der Waals surface area contributed by atoms with E-state index in [1.165, 1.54) is 12.1 Å². The van der Waals surface area contributed by atoms with Crippen molar-refractivity contribution < 1.29 is 22.4 Å². The average Bonchev–Trinajstić information content (AvgIpc) is 2.24. The molecule has 1 aromatic carbocycles. The third-order valence-corrected chi connectivity index (χ3v) is 2.16. The molecule has 0 fully saturated rings. The van der Waals surface area contributed by atoms with Crippen LogP contribution in [0.1, 0.15) is 13.8 Å². The minimum Gasteiger partial charge on any atom is -0.492 e. The fourth-order valence-corrected chi connectivity index (χ4v) is 1.53. The molecule has 0 radical (unpaired) electrons. The number of rotatable bonds is 6. The van der Waals surface area contributed by atoms with Crippen molar-refractivity contribution in [3.05, 3.63) is 12.1 Å². The Balaban J connectivity index is 3.11. The summed E-state index contributed by atoms with van der Waals surface area (Å²) in [5.41, 5.74) is 6.12. The Bertz CT molecular complexity index is 410. The van der Waals surface area contributed by atoms with E-state index in [9.17, 15) is 4.21 Å². The van der Waals surface area contributed by atoms with Gasteiger partial charge >= 0.3 is 11.4 Å². The number of hydrogen-bond acceptors (Lipinski definition) is 5. The van der Waals surface area contributed by atoms with Crippen LogP contribution in [0.15, 0.2) is 12.1 Å². The summed E-state index contributed by atoms with van der Waals surface area (Å²) in [5, 5.41) is 0. The number of nitrogen functional groups attached to an aromatic ring is 1. The maximum absolute atomic E-state index is 10.6. The zero-order valence-electron chi connectivity index (χ0n) is 9.63. The van der Waals surface area contributed by atoms with Crippen LogP contribution >= 0.6 is 0 Å². The van der Waals surface area contributed by atoms with Crippen LogP contribution in [0, 0.1) is 0 Å². The normalized spacial score (nSPS) is 11.9. The predicted molar refractivity (Wildman–Crippen MR) is 64.6 cm³/mol. The van der Waals surface area contributed by atoms with Gasteiger partial charge < -0.3 is 19.4 Å². The second kappa shape index (κ2) is 6.31. The number of anilines is 1. The maximum atomic E-state index is 10.6. The van der Waals surface area contributed by atoms with Crippen molar-refractivity contribution in [3.63, 3.8) is 0 Å². The zero-order chi connectivity index (χ0) is 12.8. The van der Waals surface area contributed by atoms with Gasteiger partial charge in [0, 0.05) is 12.1 Å². The first-order valence-electron chi connectivity index (χ1n) is 5.06. The van der Waals surface area contributed by atoms with Crippen molar-refractivity contribution in [3.8, 4) is 17.2 Å². The molecule has 0 heterocycles. The molecule has 0 saturated heterocycles. The Kier molecular flexibility index (Phi) is 5.05. The SMILES string of the molecule is CCOc1cc(OS(=O)O)c(OCC)cc1N. The molecule has 96 valence electrons. The van der Waals surface area contributed by atoms with E-state index in [1.807, 2.05) is 0 Å². The summed E-state index contributed by atoms with van der Waals surface area (Å²) in [5.74, 6) is 0.803. The van der Waals surface area contributed by atoms with Crippen LogP contribution < -0.4 is 19.4 Å². The Morgan fingerprint density at radius 1 is 1.18 bits per heavy atom. The number of nitrogens with two attached hydrogens (primary N) is 1. The third kappa shape index (κ3) is 3.79. The van der Waals surface area contributed by atoms with E-state index < -0.39 is 11.4 Å². The highest BCUT2D eigenvalue weighted by Crippen LogP contribution is 2.37. The topological polar surface area (TPSA) is 91.0 Å². The summed E-state index contributed by atoms with van der Waals surface area (Å²) in [6.45, 7) is 4.41. The van der Waals surface area contributed by atoms with Gasteiger partial charge in [-0.05, 0) is 13.8 Å². The molecule has 0 bridgehead atoms. The molecule has 7 heteroatoms. The lowest BCUT2D eigenvalue weighted by molar-refractivity contribution is 0.320. The van der Waals surface area contributed by atoms with Crippen LogP contribution in [0.25, 0.3) is 0 Å². The molecule has 0 amide bonds. The van der Waals surface area contributed by atoms with Gasteiger partial charge in [-0.1, -0.05) is 0 Å². The van der Waals surface area contributed by atoms with Gasteiger partial charge in [0.25, 0.3) is 0 Å². The molecular weight excluding hydrogens is 246 g/mol. The Morgan fingerprint density at radius 2 is 1.76 bits per heavy atom. The van der Waals surface area contributed by atoms with Crippen LogP contribution in [0.5, 0.6) is 17.2 Å². The molecule has 1 aromatic rings. The van der Waals surface area contributed by atoms with E-state index in [0.29, 0.717) is 30.4 Å². The van der Waals surface area contributed by atoms with Crippen molar-refractivity contribution in [1.29, 1.82) is 0 Å². The highest BCUT2D eigenvalue weighted by atomic mass is 32.2. The standard InChI is InChI=1S/C10H15NO5S/c1-3-14-8-6-10(16-17(12)13)9(15-4-2)5-7(8)11/h5-6H,3-4,11H2,1-2H3,(H,12,13). The summed E-state index contributed by atoms with van der Waals surface area (Å²) in [6.07, 6.45) is 0. The van der Waals surface area contributed by atoms with Gasteiger partial charge in [0.15, 0.2) is 11.5 Å². The van der Waals surface area contributed by atoms with E-state index in [0.717, 1.165) is 0 Å². The van der Waals surface area contributed by atoms with Crippen LogP contribution in [-0.2, 0) is 11.4 Å². The highest BCUT2D eigenvalue weighted by molar-refractivity contribution is 7.74. The van der Waals surface area contributed by atoms with Gasteiger partial charge in [0.2, 0.25) is 0 Å². The highest BCUT2D eigenvalue weighted by Gasteiger charge is 2.13. The Hall–Kier alpha value is -1.47. The second-order valence-corrected chi connectivity index (χ2v) is 3.60. The van der Waals surface area contributed by atoms with Crippen LogP contribution in [0.3, 0.4) is 0 Å². The maximum Gasteiger partial charge on any atom is 0.357 e. The molecular formula is C10H15NO5S. The Labute approximate surface area is 102 Å². The summed E-state index contributed by atoms with van der Waals surface area (Å²) >= 11 is -2.43. The van der Waals surface area contributed by atoms with E-state index in [1.54, 1.807) is 13.8 Å². The number of benzene rings is 1. The molecule has 0 saturated carbocycles. The lowest BCUT2D eigenvalue weighted by Gasteiger charge is -2.13. The molecule has 1 atom stereocenters. The van der Waals surface area contributed by atoms with E-state index in [2.05, 4.69) is 0 Å². The lowest BCUT2D eigenvalue weighted by Crippen LogP contribution is -2.04. The first-order chi connectivity index (χ1) is 8.08. The summed E-state index contributed by atoms with van der Waals surface area (Å²) in [7, 11) is 0. The summed E-state index contributed by atoms with van der Waals surface area (Å²) in [4.78, 5) is 0. The fraction of sp³-hybridized carbons (Fsp3) is 0.400. The van der Waals surface area contributed by atoms with Gasteiger partial charge in [0.1, 0.15) is 5.75 Å². The molecule has 1 unspecified atom stereocenters. The van der Waals surface area contributed by atoms with Crippen LogP contribution in [0.4, 0.5) is 5.69 Å². The Morgan fingerprint density at radius 3 is 2.29 bits per heavy atom. The lowest BCUT2D eigenvalue weighted by atomic mass is 10.2. The molecule has 6 nitrogen and oxygen atoms in total. The molecule has 1 rings (SSSR count). The predicted octanol–water partition coefficient (Wildman–Crippen LogP) is 1.58. The number of ether oxygens (including phenoxy) is 2. The molecule has 3 N–H and O–H groups in total. The van der Waals surface area contributed by atoms with Gasteiger partial charge in [-0.25, -0.2) is 0 Å². The van der Waals surface area contributed by atoms with Crippen LogP contribution in [-0.4, -0.2) is 22.0 Å². The van der Waals surface area contributed by atoms with Gasteiger partial charge in [-0.2, -0.15) is 4.21 Å². The second-order valence-electron chi connectivity index (χ2n) is 3.00. The molecule has 17 heavy (non-hydrogen) atoms. The van der Waals surface area contributed by atoms with Gasteiger partial charge in [-0.15, -0.1) is 0 Å². The molecule has 0 aliphatic carbocycles. The quantitative estimate of drug-likeness (QED) is 0.596. The first kappa shape index (κ1) is 13.6. The van der Waals surface area contributed by atoms with Crippen molar-refractivity contribution >= 4 is 17.0 Å². The first-order valence-corrected chi connectivity index (χ1v) is 6.10. The monoisotopic (exact) mass is 261 g/mol. The van der Waals surface area contributed by atoms with Crippen molar-refractivity contribution in [2.24, 2.45) is 0 Å². The van der Waals surface area contributed by atoms with Crippen molar-refractivity contribution in [2.45, 2.75) is 13.8 Å². The van der Waals surface area contributed by atoms with Crippen LogP contribution in [0.2, 0.25) is 0 Å². The largest absolute Gasteiger partial charge is 0.492 e. The molecule has 0 aromatic heterocycles. The van der Waals surface area contributed by atoms with Crippen molar-refractivity contribution in [2.75, 3.05) is 18.9 Å². The molecule has 0 spiro atoms. The summed E-state index contributed by atoms with van der Waals surface area (Å²) in [6, 6.07) is 2.93. The van der Waals surface area contributed by atoms with E-state index in [4.69, 9.17) is 23.9 Å². The van der Waals surface area contributed by atoms with Gasteiger partial charge in [0.05, 0.1) is 18.9 Å².